The summed E-state index contributed by atoms with van der Waals surface area (Å²) in [6.45, 7) is 8.83. The molecule has 5 rings (SSSR count). The third-order valence-electron chi connectivity index (χ3n) is 8.62. The minimum absolute atomic E-state index is 0.0892. The van der Waals surface area contributed by atoms with E-state index in [4.69, 9.17) is 0 Å². The van der Waals surface area contributed by atoms with Gasteiger partial charge in [0.15, 0.2) is 0 Å². The van der Waals surface area contributed by atoms with Crippen LogP contribution in [0.5, 0.6) is 0 Å². The quantitative estimate of drug-likeness (QED) is 0.257. The zero-order valence-corrected chi connectivity index (χ0v) is 24.6. The lowest BCUT2D eigenvalue weighted by Gasteiger charge is -2.36. The summed E-state index contributed by atoms with van der Waals surface area (Å²) in [5, 5.41) is 5.99. The molecule has 222 valence electrons. The summed E-state index contributed by atoms with van der Waals surface area (Å²) in [4.78, 5) is 20.9. The predicted molar refractivity (Wildman–Crippen MR) is 165 cm³/mol. The van der Waals surface area contributed by atoms with E-state index >= 15 is 0 Å². The van der Waals surface area contributed by atoms with E-state index in [1.807, 2.05) is 13.0 Å². The Morgan fingerprint density at radius 1 is 1.05 bits per heavy atom. The molecule has 0 aliphatic carbocycles. The summed E-state index contributed by atoms with van der Waals surface area (Å²) in [5.74, 6) is -2.31. The molecule has 3 aromatic rings. The van der Waals surface area contributed by atoms with Gasteiger partial charge in [0, 0.05) is 48.7 Å². The van der Waals surface area contributed by atoms with Gasteiger partial charge in [-0.25, -0.2) is 13.8 Å². The van der Waals surface area contributed by atoms with E-state index in [1.54, 1.807) is 18.3 Å². The molecule has 42 heavy (non-hydrogen) atoms. The maximum atomic E-state index is 14.1. The van der Waals surface area contributed by atoms with Gasteiger partial charge in [-0.15, -0.1) is 0 Å². The molecule has 6 nitrogen and oxygen atoms in total. The van der Waals surface area contributed by atoms with Crippen LogP contribution in [-0.4, -0.2) is 60.0 Å². The number of rotatable bonds is 11. The molecule has 0 unspecified atom stereocenters. The number of hydrogen-bond acceptors (Lipinski definition) is 5. The van der Waals surface area contributed by atoms with Crippen LogP contribution in [0.3, 0.4) is 0 Å². The van der Waals surface area contributed by atoms with Gasteiger partial charge in [-0.2, -0.15) is 0 Å². The van der Waals surface area contributed by atoms with Crippen LogP contribution in [0.25, 0.3) is 5.57 Å². The van der Waals surface area contributed by atoms with Crippen molar-refractivity contribution in [2.45, 2.75) is 57.9 Å². The zero-order valence-electron chi connectivity index (χ0n) is 24.6. The van der Waals surface area contributed by atoms with Crippen LogP contribution in [0.1, 0.15) is 60.4 Å². The van der Waals surface area contributed by atoms with Crippen molar-refractivity contribution in [1.82, 2.24) is 20.1 Å². The Bertz CT molecular complexity index is 1370. The Labute approximate surface area is 247 Å². The summed E-state index contributed by atoms with van der Waals surface area (Å²) < 4.78 is 28.1. The summed E-state index contributed by atoms with van der Waals surface area (Å²) in [5.41, 5.74) is 4.95. The zero-order chi connectivity index (χ0) is 29.5. The molecule has 8 heteroatoms. The Balaban J connectivity index is 1.23. The Morgan fingerprint density at radius 3 is 2.48 bits per heavy atom. The van der Waals surface area contributed by atoms with Crippen LogP contribution >= 0.6 is 0 Å². The number of carbonyl (C=O) groups is 1. The number of hydrogen-bond donors (Lipinski definition) is 2. The molecule has 2 fully saturated rings. The molecule has 0 atom stereocenters. The topological polar surface area (TPSA) is 60.5 Å². The number of nitrogens with one attached hydrogen (secondary N) is 2. The second kappa shape index (κ2) is 13.6. The molecule has 2 aliphatic rings. The van der Waals surface area contributed by atoms with Gasteiger partial charge in [0.1, 0.15) is 5.82 Å². The molecule has 0 saturated carbocycles. The largest absolute Gasteiger partial charge is 0.340 e. The van der Waals surface area contributed by atoms with Crippen molar-refractivity contribution in [1.29, 1.82) is 0 Å². The van der Waals surface area contributed by atoms with E-state index in [2.05, 4.69) is 49.7 Å². The lowest BCUT2D eigenvalue weighted by Crippen LogP contribution is -2.44. The van der Waals surface area contributed by atoms with Gasteiger partial charge in [0.05, 0.1) is 0 Å². The smallest absolute Gasteiger partial charge is 0.270 e. The lowest BCUT2D eigenvalue weighted by atomic mass is 9.93. The number of anilines is 2. The molecular formula is C34H41F2N5O. The highest BCUT2D eigenvalue weighted by Gasteiger charge is 2.26. The summed E-state index contributed by atoms with van der Waals surface area (Å²) in [6.07, 6.45) is 10.1. The standard InChI is InChI=1S/C34H41F2N5O/c1-25-31(32(23-37-24-42)27-6-5-7-28(22-27)34(2,35)36)12-16-38-33(25)39-29-10-8-26(9-11-29)13-19-40-20-14-30(15-21-40)41-17-3-4-18-41/h5-12,16,22-24,30H,3-4,13-15,17-21H2,1-2H3,(H,37,42)(H,38,39)/b32-23-. The average molecular weight is 574 g/mol. The molecule has 0 spiro atoms. The lowest BCUT2D eigenvalue weighted by molar-refractivity contribution is -0.108. The minimum atomic E-state index is -2.98. The number of pyridine rings is 1. The first kappa shape index (κ1) is 29.9. The van der Waals surface area contributed by atoms with Crippen molar-refractivity contribution in [2.75, 3.05) is 38.0 Å². The fourth-order valence-electron chi connectivity index (χ4n) is 6.14. The van der Waals surface area contributed by atoms with E-state index in [-0.39, 0.29) is 5.56 Å². The summed E-state index contributed by atoms with van der Waals surface area (Å²) in [7, 11) is 0. The number of nitrogens with zero attached hydrogens (tertiary/aromatic N) is 3. The molecule has 0 radical (unpaired) electrons. The van der Waals surface area contributed by atoms with Gasteiger partial charge in [-0.05, 0) is 112 Å². The van der Waals surface area contributed by atoms with Gasteiger partial charge in [-0.1, -0.05) is 30.3 Å². The van der Waals surface area contributed by atoms with Crippen molar-refractivity contribution >= 4 is 23.5 Å². The summed E-state index contributed by atoms with van der Waals surface area (Å²) >= 11 is 0. The maximum absolute atomic E-state index is 14.1. The third kappa shape index (κ3) is 7.41. The fraction of sp³-hybridized carbons (Fsp3) is 0.412. The van der Waals surface area contributed by atoms with E-state index in [0.717, 1.165) is 42.7 Å². The molecule has 1 aromatic heterocycles. The van der Waals surface area contributed by atoms with E-state index in [9.17, 15) is 13.6 Å². The van der Waals surface area contributed by atoms with Crippen molar-refractivity contribution < 1.29 is 13.6 Å². The number of piperidine rings is 1. The molecule has 3 heterocycles. The van der Waals surface area contributed by atoms with E-state index in [0.29, 0.717) is 23.4 Å². The molecule has 2 aromatic carbocycles. The molecular weight excluding hydrogens is 532 g/mol. The monoisotopic (exact) mass is 573 g/mol. The van der Waals surface area contributed by atoms with Gasteiger partial charge < -0.3 is 20.4 Å². The van der Waals surface area contributed by atoms with Crippen LogP contribution in [0.4, 0.5) is 20.3 Å². The van der Waals surface area contributed by atoms with Crippen molar-refractivity contribution in [2.24, 2.45) is 0 Å². The fourth-order valence-corrected chi connectivity index (χ4v) is 6.14. The first-order valence-electron chi connectivity index (χ1n) is 15.0. The van der Waals surface area contributed by atoms with Crippen molar-refractivity contribution in [3.63, 3.8) is 0 Å². The van der Waals surface area contributed by atoms with Crippen molar-refractivity contribution in [3.05, 3.63) is 94.8 Å². The van der Waals surface area contributed by atoms with Gasteiger partial charge in [-0.3, -0.25) is 4.79 Å². The number of amides is 1. The number of likely N-dealkylation sites (tertiary alicyclic amines) is 2. The first-order chi connectivity index (χ1) is 20.3. The molecule has 0 bridgehead atoms. The number of benzene rings is 2. The molecule has 2 saturated heterocycles. The van der Waals surface area contributed by atoms with Crippen molar-refractivity contribution in [3.8, 4) is 0 Å². The Hall–Kier alpha value is -3.62. The van der Waals surface area contributed by atoms with Crippen LogP contribution < -0.4 is 10.6 Å². The molecule has 2 aliphatic heterocycles. The Morgan fingerprint density at radius 2 is 1.79 bits per heavy atom. The Kier molecular flexibility index (Phi) is 9.65. The number of aromatic nitrogens is 1. The second-order valence-corrected chi connectivity index (χ2v) is 11.5. The third-order valence-corrected chi connectivity index (χ3v) is 8.62. The number of carbonyl (C=O) groups excluding carboxylic acids is 1. The highest BCUT2D eigenvalue weighted by Crippen LogP contribution is 2.33. The number of alkyl halides is 2. The minimum Gasteiger partial charge on any atom is -0.340 e. The van der Waals surface area contributed by atoms with Crippen LogP contribution in [0, 0.1) is 6.92 Å². The first-order valence-corrected chi connectivity index (χ1v) is 15.0. The molecule has 2 N–H and O–H groups in total. The highest BCUT2D eigenvalue weighted by molar-refractivity contribution is 5.84. The predicted octanol–water partition coefficient (Wildman–Crippen LogP) is 6.48. The average Bonchev–Trinajstić information content (AvgIpc) is 3.54. The van der Waals surface area contributed by atoms with E-state index < -0.39 is 5.92 Å². The van der Waals surface area contributed by atoms with Crippen LogP contribution in [-0.2, 0) is 17.1 Å². The normalized spacial score (nSPS) is 17.4. The number of halogens is 2. The van der Waals surface area contributed by atoms with Gasteiger partial charge in [0.2, 0.25) is 6.41 Å². The molecule has 1 amide bonds. The van der Waals surface area contributed by atoms with Crippen LogP contribution in [0.15, 0.2) is 67.0 Å². The van der Waals surface area contributed by atoms with Gasteiger partial charge in [0.25, 0.3) is 5.92 Å². The SMILES string of the molecule is Cc1c(/C(=C\NC=O)c2cccc(C(C)(F)F)c2)ccnc1Nc1ccc(CCN2CCC(N3CCCC3)CC2)cc1. The highest BCUT2D eigenvalue weighted by atomic mass is 19.3. The van der Waals surface area contributed by atoms with Crippen LogP contribution in [0.2, 0.25) is 0 Å². The second-order valence-electron chi connectivity index (χ2n) is 11.5. The maximum Gasteiger partial charge on any atom is 0.270 e. The summed E-state index contributed by atoms with van der Waals surface area (Å²) in [6, 6.07) is 17.3. The van der Waals surface area contributed by atoms with Gasteiger partial charge >= 0.3 is 0 Å². The van der Waals surface area contributed by atoms with E-state index in [1.165, 1.54) is 75.8 Å².